The minimum absolute atomic E-state index is 0.00756. The number of nitrogens with zero attached hydrogens (tertiary/aromatic N) is 1. The molecule has 1 aromatic heterocycles. The molecule has 0 radical (unpaired) electrons. The highest BCUT2D eigenvalue weighted by molar-refractivity contribution is 7.08. The van der Waals surface area contributed by atoms with Crippen molar-refractivity contribution >= 4 is 17.1 Å². The Labute approximate surface area is 140 Å². The van der Waals surface area contributed by atoms with Crippen LogP contribution in [-0.4, -0.2) is 44.0 Å². The van der Waals surface area contributed by atoms with Crippen LogP contribution in [0.25, 0.3) is 0 Å². The topological polar surface area (TPSA) is 38.8 Å². The lowest BCUT2D eigenvalue weighted by Gasteiger charge is -2.16. The third kappa shape index (κ3) is 3.92. The Morgan fingerprint density at radius 1 is 1.17 bits per heavy atom. The normalized spacial score (nSPS) is 14.8. The highest BCUT2D eigenvalue weighted by Gasteiger charge is 2.15. The molecule has 0 atom stereocenters. The Morgan fingerprint density at radius 3 is 2.70 bits per heavy atom. The van der Waals surface area contributed by atoms with Crippen LogP contribution in [0.4, 0.5) is 0 Å². The summed E-state index contributed by atoms with van der Waals surface area (Å²) in [6, 6.07) is 7.21. The quantitative estimate of drug-likeness (QED) is 0.728. The van der Waals surface area contributed by atoms with Gasteiger partial charge in [0.15, 0.2) is 17.3 Å². The molecular weight excluding hydrogens is 310 g/mol. The van der Waals surface area contributed by atoms with Gasteiger partial charge in [0.25, 0.3) is 0 Å². The van der Waals surface area contributed by atoms with Crippen molar-refractivity contribution in [1.29, 1.82) is 0 Å². The van der Waals surface area contributed by atoms with Gasteiger partial charge in [-0.3, -0.25) is 9.69 Å². The van der Waals surface area contributed by atoms with Crippen LogP contribution in [0.15, 0.2) is 35.0 Å². The van der Waals surface area contributed by atoms with Crippen molar-refractivity contribution in [3.63, 3.8) is 0 Å². The van der Waals surface area contributed by atoms with E-state index in [2.05, 4.69) is 4.90 Å². The van der Waals surface area contributed by atoms with Crippen molar-refractivity contribution in [3.05, 3.63) is 46.2 Å². The monoisotopic (exact) mass is 331 g/mol. The van der Waals surface area contributed by atoms with Gasteiger partial charge in [0.1, 0.15) is 6.61 Å². The van der Waals surface area contributed by atoms with Crippen LogP contribution in [0.3, 0.4) is 0 Å². The lowest BCUT2D eigenvalue weighted by Crippen LogP contribution is -2.25. The molecule has 122 valence electrons. The lowest BCUT2D eigenvalue weighted by molar-refractivity contribution is 0.103. The summed E-state index contributed by atoms with van der Waals surface area (Å²) in [5, 5.41) is 3.76. The van der Waals surface area contributed by atoms with E-state index in [0.717, 1.165) is 19.6 Å². The summed E-state index contributed by atoms with van der Waals surface area (Å²) in [4.78, 5) is 14.8. The molecule has 1 fully saturated rings. The molecule has 0 amide bonds. The average molecular weight is 331 g/mol. The zero-order chi connectivity index (χ0) is 16.1. The fourth-order valence-corrected chi connectivity index (χ4v) is 3.42. The van der Waals surface area contributed by atoms with Crippen LogP contribution in [-0.2, 0) is 0 Å². The number of hydrogen-bond acceptors (Lipinski definition) is 5. The van der Waals surface area contributed by atoms with Gasteiger partial charge in [-0.05, 0) is 55.6 Å². The Bertz CT molecular complexity index is 648. The molecule has 3 rings (SSSR count). The molecule has 23 heavy (non-hydrogen) atoms. The third-order valence-electron chi connectivity index (χ3n) is 4.07. The number of ether oxygens (including phenoxy) is 2. The molecule has 0 bridgehead atoms. The van der Waals surface area contributed by atoms with Crippen molar-refractivity contribution in [2.24, 2.45) is 0 Å². The van der Waals surface area contributed by atoms with Crippen molar-refractivity contribution in [1.82, 2.24) is 4.90 Å². The summed E-state index contributed by atoms with van der Waals surface area (Å²) in [7, 11) is 1.60. The van der Waals surface area contributed by atoms with Gasteiger partial charge in [0.2, 0.25) is 0 Å². The molecule has 1 aliphatic rings. The number of thiophene rings is 1. The molecule has 0 spiro atoms. The number of carbonyl (C=O) groups excluding carboxylic acids is 1. The maximum Gasteiger partial charge on any atom is 0.193 e. The Morgan fingerprint density at radius 2 is 2.00 bits per heavy atom. The summed E-state index contributed by atoms with van der Waals surface area (Å²) in [6.45, 7) is 3.88. The number of benzene rings is 1. The summed E-state index contributed by atoms with van der Waals surface area (Å²) < 4.78 is 11.2. The fraction of sp³-hybridized carbons (Fsp3) is 0.389. The molecule has 4 nitrogen and oxygen atoms in total. The summed E-state index contributed by atoms with van der Waals surface area (Å²) in [6.07, 6.45) is 2.56. The molecular formula is C18H21NO3S. The number of carbonyl (C=O) groups is 1. The second-order valence-electron chi connectivity index (χ2n) is 5.60. The number of rotatable bonds is 7. The van der Waals surface area contributed by atoms with Gasteiger partial charge in [-0.25, -0.2) is 0 Å². The number of hydrogen-bond donors (Lipinski definition) is 0. The van der Waals surface area contributed by atoms with Crippen LogP contribution in [0, 0.1) is 0 Å². The Kier molecular flexibility index (Phi) is 5.31. The molecule has 5 heteroatoms. The first kappa shape index (κ1) is 16.0. The van der Waals surface area contributed by atoms with Gasteiger partial charge < -0.3 is 9.47 Å². The van der Waals surface area contributed by atoms with Crippen LogP contribution in [0.5, 0.6) is 11.5 Å². The summed E-state index contributed by atoms with van der Waals surface area (Å²) >= 11 is 1.52. The molecule has 0 N–H and O–H groups in total. The Hall–Kier alpha value is -1.85. The van der Waals surface area contributed by atoms with E-state index in [9.17, 15) is 4.79 Å². The summed E-state index contributed by atoms with van der Waals surface area (Å²) in [5.74, 6) is 1.30. The number of ketones is 1. The zero-order valence-electron chi connectivity index (χ0n) is 13.3. The van der Waals surface area contributed by atoms with Crippen molar-refractivity contribution < 1.29 is 14.3 Å². The minimum Gasteiger partial charge on any atom is -0.493 e. The fourth-order valence-electron chi connectivity index (χ4n) is 2.78. The van der Waals surface area contributed by atoms with Gasteiger partial charge in [-0.15, -0.1) is 0 Å². The van der Waals surface area contributed by atoms with Gasteiger partial charge in [0.05, 0.1) is 7.11 Å². The first-order valence-corrected chi connectivity index (χ1v) is 8.82. The van der Waals surface area contributed by atoms with E-state index >= 15 is 0 Å². The van der Waals surface area contributed by atoms with E-state index in [1.165, 1.54) is 24.2 Å². The molecule has 1 aromatic carbocycles. The molecule has 1 aliphatic heterocycles. The van der Waals surface area contributed by atoms with Crippen LogP contribution < -0.4 is 9.47 Å². The van der Waals surface area contributed by atoms with Gasteiger partial charge in [0, 0.05) is 23.1 Å². The molecule has 0 aliphatic carbocycles. The van der Waals surface area contributed by atoms with E-state index in [0.29, 0.717) is 29.2 Å². The number of methoxy groups -OCH3 is 1. The van der Waals surface area contributed by atoms with Gasteiger partial charge in [-0.1, -0.05) is 0 Å². The van der Waals surface area contributed by atoms with Crippen molar-refractivity contribution in [2.75, 3.05) is 33.4 Å². The van der Waals surface area contributed by atoms with Gasteiger partial charge >= 0.3 is 0 Å². The molecule has 0 unspecified atom stereocenters. The second kappa shape index (κ2) is 7.62. The SMILES string of the molecule is COc1cc(C(=O)c2ccsc2)ccc1OCCN1CCCC1. The average Bonchev–Trinajstić information content (AvgIpc) is 3.28. The predicted molar refractivity (Wildman–Crippen MR) is 91.9 cm³/mol. The highest BCUT2D eigenvalue weighted by atomic mass is 32.1. The van der Waals surface area contributed by atoms with Crippen LogP contribution in [0.1, 0.15) is 28.8 Å². The van der Waals surface area contributed by atoms with E-state index in [-0.39, 0.29) is 5.78 Å². The van der Waals surface area contributed by atoms with E-state index in [1.54, 1.807) is 19.2 Å². The molecule has 2 heterocycles. The first-order valence-electron chi connectivity index (χ1n) is 7.88. The number of likely N-dealkylation sites (tertiary alicyclic amines) is 1. The maximum atomic E-state index is 12.4. The molecule has 2 aromatic rings. The third-order valence-corrected chi connectivity index (χ3v) is 4.76. The summed E-state index contributed by atoms with van der Waals surface area (Å²) in [5.41, 5.74) is 1.33. The standard InChI is InChI=1S/C18H21NO3S/c1-21-17-12-14(18(20)15-6-11-23-13-15)4-5-16(17)22-10-9-19-7-2-3-8-19/h4-6,11-13H,2-3,7-10H2,1H3. The first-order chi connectivity index (χ1) is 11.3. The predicted octanol–water partition coefficient (Wildman–Crippen LogP) is 3.46. The molecule has 0 saturated carbocycles. The largest absolute Gasteiger partial charge is 0.493 e. The minimum atomic E-state index is 0.00756. The highest BCUT2D eigenvalue weighted by Crippen LogP contribution is 2.29. The van der Waals surface area contributed by atoms with Gasteiger partial charge in [-0.2, -0.15) is 11.3 Å². The van der Waals surface area contributed by atoms with Crippen LogP contribution >= 0.6 is 11.3 Å². The zero-order valence-corrected chi connectivity index (χ0v) is 14.1. The van der Waals surface area contributed by atoms with Crippen molar-refractivity contribution in [3.8, 4) is 11.5 Å². The van der Waals surface area contributed by atoms with Crippen LogP contribution in [0.2, 0.25) is 0 Å². The molecule has 1 saturated heterocycles. The second-order valence-corrected chi connectivity index (χ2v) is 6.38. The van der Waals surface area contributed by atoms with E-state index in [1.807, 2.05) is 22.9 Å². The lowest BCUT2D eigenvalue weighted by atomic mass is 10.1. The maximum absolute atomic E-state index is 12.4. The van der Waals surface area contributed by atoms with E-state index < -0.39 is 0 Å². The van der Waals surface area contributed by atoms with Crippen molar-refractivity contribution in [2.45, 2.75) is 12.8 Å². The Balaban J connectivity index is 1.65. The van der Waals surface area contributed by atoms with E-state index in [4.69, 9.17) is 9.47 Å². The smallest absolute Gasteiger partial charge is 0.193 e.